The molecule has 1 aliphatic carbocycles. The number of allylic oxidation sites excluding steroid dienone is 4. The number of imide groups is 1. The summed E-state index contributed by atoms with van der Waals surface area (Å²) in [6.07, 6.45) is 8.11. The Bertz CT molecular complexity index is 855. The lowest BCUT2D eigenvalue weighted by Gasteiger charge is -2.33. The summed E-state index contributed by atoms with van der Waals surface area (Å²) in [6, 6.07) is 9.80. The Hall–Kier alpha value is -2.16. The smallest absolute Gasteiger partial charge is 0.233 e. The quantitative estimate of drug-likeness (QED) is 0.409. The van der Waals surface area contributed by atoms with E-state index in [0.29, 0.717) is 13.0 Å². The number of likely N-dealkylation sites (tertiary alicyclic amines) is 1. The summed E-state index contributed by atoms with van der Waals surface area (Å²) >= 11 is 0. The van der Waals surface area contributed by atoms with E-state index in [9.17, 15) is 9.59 Å². The van der Waals surface area contributed by atoms with Gasteiger partial charge in [-0.05, 0) is 49.0 Å². The number of carbonyl (C=O) groups excluding carboxylic acids is 2. The molecule has 162 valence electrons. The molecule has 3 rings (SSSR count). The third kappa shape index (κ3) is 4.77. The number of hydrogen-bond acceptors (Lipinski definition) is 2. The van der Waals surface area contributed by atoms with Gasteiger partial charge in [0.25, 0.3) is 0 Å². The second kappa shape index (κ2) is 8.53. The van der Waals surface area contributed by atoms with Crippen LogP contribution >= 0.6 is 0 Å². The molecule has 0 spiro atoms. The van der Waals surface area contributed by atoms with Crippen LogP contribution in [0, 0.1) is 22.7 Å². The molecule has 0 bridgehead atoms. The third-order valence-electron chi connectivity index (χ3n) is 7.17. The summed E-state index contributed by atoms with van der Waals surface area (Å²) in [6.45, 7) is 13.9. The number of hydrogen-bond donors (Lipinski definition) is 0. The Morgan fingerprint density at radius 3 is 2.30 bits per heavy atom. The van der Waals surface area contributed by atoms with E-state index >= 15 is 0 Å². The number of benzene rings is 1. The molecule has 1 saturated heterocycles. The van der Waals surface area contributed by atoms with Crippen molar-refractivity contribution in [3.05, 3.63) is 59.2 Å². The van der Waals surface area contributed by atoms with Gasteiger partial charge in [-0.1, -0.05) is 88.2 Å². The van der Waals surface area contributed by atoms with Gasteiger partial charge in [0.1, 0.15) is 0 Å². The van der Waals surface area contributed by atoms with E-state index in [4.69, 9.17) is 0 Å². The van der Waals surface area contributed by atoms with Crippen LogP contribution < -0.4 is 0 Å². The van der Waals surface area contributed by atoms with Crippen LogP contribution in [0.1, 0.15) is 72.8 Å². The summed E-state index contributed by atoms with van der Waals surface area (Å²) in [7, 11) is 0. The molecular weight excluding hydrogens is 370 g/mol. The Kier molecular flexibility index (Phi) is 6.40. The van der Waals surface area contributed by atoms with Crippen LogP contribution in [0.25, 0.3) is 0 Å². The normalized spacial score (nSPS) is 22.9. The van der Waals surface area contributed by atoms with Crippen LogP contribution in [0.15, 0.2) is 53.6 Å². The summed E-state index contributed by atoms with van der Waals surface area (Å²) in [5, 5.41) is 0. The van der Waals surface area contributed by atoms with Crippen molar-refractivity contribution in [1.82, 2.24) is 4.90 Å². The predicted molar refractivity (Wildman–Crippen MR) is 123 cm³/mol. The number of carbonyl (C=O) groups is 2. The lowest BCUT2D eigenvalue weighted by atomic mass is 9.70. The fourth-order valence-corrected chi connectivity index (χ4v) is 4.53. The lowest BCUT2D eigenvalue weighted by molar-refractivity contribution is -0.140. The van der Waals surface area contributed by atoms with Gasteiger partial charge in [-0.3, -0.25) is 14.5 Å². The summed E-state index contributed by atoms with van der Waals surface area (Å²) in [5.41, 5.74) is 4.01. The second-order valence-corrected chi connectivity index (χ2v) is 10.7. The van der Waals surface area contributed by atoms with Gasteiger partial charge in [-0.15, -0.1) is 0 Å². The van der Waals surface area contributed by atoms with Crippen molar-refractivity contribution in [2.45, 2.75) is 73.8 Å². The van der Waals surface area contributed by atoms with Crippen LogP contribution in [0.2, 0.25) is 0 Å². The van der Waals surface area contributed by atoms with Crippen molar-refractivity contribution in [3.63, 3.8) is 0 Å². The zero-order valence-corrected chi connectivity index (χ0v) is 19.5. The Morgan fingerprint density at radius 1 is 1.03 bits per heavy atom. The van der Waals surface area contributed by atoms with Crippen LogP contribution in [0.5, 0.6) is 0 Å². The first-order valence-electron chi connectivity index (χ1n) is 11.3. The first kappa shape index (κ1) is 22.5. The highest BCUT2D eigenvalue weighted by Crippen LogP contribution is 2.45. The van der Waals surface area contributed by atoms with Crippen LogP contribution in [-0.2, 0) is 16.1 Å². The molecule has 0 saturated carbocycles. The highest BCUT2D eigenvalue weighted by Gasteiger charge is 2.49. The van der Waals surface area contributed by atoms with Gasteiger partial charge in [0.05, 0.1) is 18.4 Å². The Morgan fingerprint density at radius 2 is 1.67 bits per heavy atom. The van der Waals surface area contributed by atoms with E-state index in [1.807, 2.05) is 30.3 Å². The molecule has 2 amide bonds. The molecule has 2 atom stereocenters. The van der Waals surface area contributed by atoms with Gasteiger partial charge >= 0.3 is 0 Å². The molecule has 2 unspecified atom stereocenters. The van der Waals surface area contributed by atoms with Crippen LogP contribution in [0.3, 0.4) is 0 Å². The molecule has 1 aliphatic heterocycles. The predicted octanol–water partition coefficient (Wildman–Crippen LogP) is 6.31. The maximum Gasteiger partial charge on any atom is 0.233 e. The van der Waals surface area contributed by atoms with Crippen molar-refractivity contribution in [3.8, 4) is 0 Å². The molecule has 0 aromatic heterocycles. The van der Waals surface area contributed by atoms with E-state index in [-0.39, 0.29) is 34.5 Å². The minimum atomic E-state index is -0.188. The SMILES string of the molecule is C/C(=C\CCC(C)(C)C1=CCC2C(=O)N(Cc3ccccc3)C(=O)C2C1)C(C)(C)C. The third-order valence-corrected chi connectivity index (χ3v) is 7.17. The molecule has 0 N–H and O–H groups in total. The number of fused-ring (bicyclic) bond motifs is 1. The minimum absolute atomic E-state index is 0.00527. The molecule has 1 heterocycles. The van der Waals surface area contributed by atoms with E-state index in [1.165, 1.54) is 16.0 Å². The molecule has 30 heavy (non-hydrogen) atoms. The first-order chi connectivity index (χ1) is 14.0. The highest BCUT2D eigenvalue weighted by atomic mass is 16.2. The van der Waals surface area contributed by atoms with Crippen LogP contribution in [-0.4, -0.2) is 16.7 Å². The Balaban J connectivity index is 1.67. The topological polar surface area (TPSA) is 37.4 Å². The maximum absolute atomic E-state index is 13.1. The van der Waals surface area contributed by atoms with Gasteiger partial charge in [0.2, 0.25) is 11.8 Å². The molecule has 1 aromatic carbocycles. The number of rotatable bonds is 6. The van der Waals surface area contributed by atoms with Gasteiger partial charge in [-0.2, -0.15) is 0 Å². The monoisotopic (exact) mass is 407 g/mol. The number of nitrogens with zero attached hydrogens (tertiary/aromatic N) is 1. The Labute approximate surface area is 182 Å². The fourth-order valence-electron chi connectivity index (χ4n) is 4.53. The van der Waals surface area contributed by atoms with Crippen molar-refractivity contribution < 1.29 is 9.59 Å². The van der Waals surface area contributed by atoms with Crippen molar-refractivity contribution in [2.24, 2.45) is 22.7 Å². The summed E-state index contributed by atoms with van der Waals surface area (Å²) in [4.78, 5) is 27.5. The largest absolute Gasteiger partial charge is 0.278 e. The van der Waals surface area contributed by atoms with Crippen LogP contribution in [0.4, 0.5) is 0 Å². The van der Waals surface area contributed by atoms with Gasteiger partial charge in [0.15, 0.2) is 0 Å². The molecule has 1 fully saturated rings. The van der Waals surface area contributed by atoms with E-state index < -0.39 is 0 Å². The molecule has 1 aromatic rings. The standard InChI is InChI=1S/C27H37NO2/c1-19(26(2,3)4)11-10-16-27(5,6)21-14-15-22-23(17-21)25(30)28(24(22)29)18-20-12-8-7-9-13-20/h7-9,11-14,22-23H,10,15-18H2,1-6H3/b19-11+. The first-order valence-corrected chi connectivity index (χ1v) is 11.3. The second-order valence-electron chi connectivity index (χ2n) is 10.7. The molecule has 0 radical (unpaired) electrons. The average Bonchev–Trinajstić information content (AvgIpc) is 2.92. The molecule has 3 heteroatoms. The van der Waals surface area contributed by atoms with Gasteiger partial charge in [0, 0.05) is 0 Å². The summed E-state index contributed by atoms with van der Waals surface area (Å²) in [5.74, 6) is -0.347. The zero-order valence-electron chi connectivity index (χ0n) is 19.5. The highest BCUT2D eigenvalue weighted by molar-refractivity contribution is 6.05. The molecule has 2 aliphatic rings. The minimum Gasteiger partial charge on any atom is -0.278 e. The van der Waals surface area contributed by atoms with Gasteiger partial charge in [-0.25, -0.2) is 0 Å². The van der Waals surface area contributed by atoms with Crippen molar-refractivity contribution in [1.29, 1.82) is 0 Å². The zero-order chi connectivity index (χ0) is 22.1. The van der Waals surface area contributed by atoms with E-state index in [0.717, 1.165) is 24.8 Å². The van der Waals surface area contributed by atoms with E-state index in [2.05, 4.69) is 53.7 Å². The summed E-state index contributed by atoms with van der Waals surface area (Å²) < 4.78 is 0. The average molecular weight is 408 g/mol. The molecular formula is C27H37NO2. The van der Waals surface area contributed by atoms with Crippen molar-refractivity contribution >= 4 is 11.8 Å². The molecule has 3 nitrogen and oxygen atoms in total. The lowest BCUT2D eigenvalue weighted by Crippen LogP contribution is -2.30. The number of amides is 2. The van der Waals surface area contributed by atoms with Gasteiger partial charge < -0.3 is 0 Å². The van der Waals surface area contributed by atoms with Crippen molar-refractivity contribution in [2.75, 3.05) is 0 Å². The maximum atomic E-state index is 13.1. The fraction of sp³-hybridized carbons (Fsp3) is 0.556. The van der Waals surface area contributed by atoms with E-state index in [1.54, 1.807) is 0 Å².